The molecule has 0 aromatic heterocycles. The molecule has 78 valence electrons. The summed E-state index contributed by atoms with van der Waals surface area (Å²) in [6, 6.07) is 0. The van der Waals surface area contributed by atoms with Crippen molar-refractivity contribution >= 4 is 12.1 Å². The number of carbonyl (C=O) groups is 2. The van der Waals surface area contributed by atoms with E-state index in [2.05, 4.69) is 5.32 Å². The molecule has 3 aliphatic carbocycles. The van der Waals surface area contributed by atoms with Crippen molar-refractivity contribution in [3.8, 4) is 0 Å². The molecule has 0 heterocycles. The second-order valence-electron chi connectivity index (χ2n) is 4.24. The van der Waals surface area contributed by atoms with Gasteiger partial charge in [-0.05, 0) is 26.2 Å². The fourth-order valence-corrected chi connectivity index (χ4v) is 2.53. The van der Waals surface area contributed by atoms with Crippen molar-refractivity contribution in [2.24, 2.45) is 5.41 Å². The highest BCUT2D eigenvalue weighted by Crippen LogP contribution is 2.67. The minimum absolute atomic E-state index is 0.273. The Labute approximate surface area is 81.4 Å². The Morgan fingerprint density at radius 1 is 1.43 bits per heavy atom. The molecule has 0 aromatic rings. The highest BCUT2D eigenvalue weighted by atomic mass is 16.5. The van der Waals surface area contributed by atoms with Gasteiger partial charge in [-0.2, -0.15) is 0 Å². The summed E-state index contributed by atoms with van der Waals surface area (Å²) in [5.41, 5.74) is -0.815. The lowest BCUT2D eigenvalue weighted by molar-refractivity contribution is -0.196. The highest BCUT2D eigenvalue weighted by molar-refractivity contribution is 5.82. The van der Waals surface area contributed by atoms with Crippen LogP contribution in [0.3, 0.4) is 0 Å². The molecular formula is C9H13NO4. The van der Waals surface area contributed by atoms with Gasteiger partial charge in [0.05, 0.1) is 12.0 Å². The second-order valence-corrected chi connectivity index (χ2v) is 4.24. The zero-order valence-electron chi connectivity index (χ0n) is 8.00. The molecule has 3 rings (SSSR count). The minimum Gasteiger partial charge on any atom is -0.481 e. The van der Waals surface area contributed by atoms with Crippen LogP contribution in [0.15, 0.2) is 0 Å². The first-order valence-electron chi connectivity index (χ1n) is 4.70. The Kier molecular flexibility index (Phi) is 1.74. The van der Waals surface area contributed by atoms with Crippen LogP contribution in [-0.2, 0) is 9.53 Å². The van der Waals surface area contributed by atoms with Crippen LogP contribution in [0, 0.1) is 5.41 Å². The maximum atomic E-state index is 11.1. The molecule has 5 nitrogen and oxygen atoms in total. The fourth-order valence-electron chi connectivity index (χ4n) is 2.53. The number of nitrogens with one attached hydrogen (secondary N) is 1. The maximum Gasteiger partial charge on any atom is 0.407 e. The molecule has 0 atom stereocenters. The standard InChI is InChI=1S/C9H13NO4/c1-2-14-7(13)10-9-3-8(4-9,5-9)6(11)12/h2-5H2,1H3,(H,10,13)(H,11,12). The van der Waals surface area contributed by atoms with Gasteiger partial charge in [0.15, 0.2) is 0 Å². The van der Waals surface area contributed by atoms with Crippen molar-refractivity contribution in [3.63, 3.8) is 0 Å². The lowest BCUT2D eigenvalue weighted by Crippen LogP contribution is -2.77. The molecule has 0 unspecified atom stereocenters. The lowest BCUT2D eigenvalue weighted by Gasteiger charge is -2.67. The van der Waals surface area contributed by atoms with E-state index in [1.165, 1.54) is 0 Å². The van der Waals surface area contributed by atoms with Crippen LogP contribution in [0.2, 0.25) is 0 Å². The highest BCUT2D eigenvalue weighted by Gasteiger charge is 2.72. The number of aliphatic carboxylic acids is 1. The number of ether oxygens (including phenoxy) is 1. The monoisotopic (exact) mass is 199 g/mol. The van der Waals surface area contributed by atoms with Crippen LogP contribution in [0.25, 0.3) is 0 Å². The third-order valence-electron chi connectivity index (χ3n) is 3.13. The Hall–Kier alpha value is -1.26. The van der Waals surface area contributed by atoms with Crippen molar-refractivity contribution in [3.05, 3.63) is 0 Å². The number of rotatable bonds is 3. The smallest absolute Gasteiger partial charge is 0.407 e. The van der Waals surface area contributed by atoms with Crippen molar-refractivity contribution < 1.29 is 19.4 Å². The summed E-state index contributed by atoms with van der Waals surface area (Å²) in [6.07, 6.45) is 1.21. The summed E-state index contributed by atoms with van der Waals surface area (Å²) in [7, 11) is 0. The topological polar surface area (TPSA) is 75.6 Å². The summed E-state index contributed by atoms with van der Waals surface area (Å²) in [4.78, 5) is 21.8. The molecular weight excluding hydrogens is 186 g/mol. The zero-order valence-corrected chi connectivity index (χ0v) is 8.00. The predicted molar refractivity (Wildman–Crippen MR) is 46.8 cm³/mol. The Balaban J connectivity index is 1.83. The van der Waals surface area contributed by atoms with Crippen LogP contribution in [0.5, 0.6) is 0 Å². The van der Waals surface area contributed by atoms with Crippen LogP contribution in [0.1, 0.15) is 26.2 Å². The number of alkyl carbamates (subject to hydrolysis) is 1. The van der Waals surface area contributed by atoms with Gasteiger partial charge in [0, 0.05) is 5.54 Å². The number of hydrogen-bond donors (Lipinski definition) is 2. The zero-order chi connectivity index (χ0) is 10.4. The van der Waals surface area contributed by atoms with E-state index < -0.39 is 17.5 Å². The van der Waals surface area contributed by atoms with Gasteiger partial charge in [-0.15, -0.1) is 0 Å². The number of carboxylic acid groups (broad SMARTS) is 1. The van der Waals surface area contributed by atoms with E-state index in [9.17, 15) is 9.59 Å². The first-order chi connectivity index (χ1) is 6.52. The van der Waals surface area contributed by atoms with Gasteiger partial charge in [0.2, 0.25) is 0 Å². The maximum absolute atomic E-state index is 11.1. The van der Waals surface area contributed by atoms with E-state index in [0.717, 1.165) is 0 Å². The number of hydrogen-bond acceptors (Lipinski definition) is 3. The van der Waals surface area contributed by atoms with E-state index in [1.807, 2.05) is 0 Å². The van der Waals surface area contributed by atoms with Gasteiger partial charge in [0.1, 0.15) is 0 Å². The molecule has 0 radical (unpaired) electrons. The Morgan fingerprint density at radius 3 is 2.43 bits per heavy atom. The molecule has 0 aliphatic heterocycles. The molecule has 3 aliphatic rings. The molecule has 1 amide bonds. The molecule has 3 fully saturated rings. The van der Waals surface area contributed by atoms with Gasteiger partial charge in [-0.1, -0.05) is 0 Å². The molecule has 0 saturated heterocycles. The van der Waals surface area contributed by atoms with Crippen molar-refractivity contribution in [1.29, 1.82) is 0 Å². The van der Waals surface area contributed by atoms with Crippen LogP contribution < -0.4 is 5.32 Å². The molecule has 0 spiro atoms. The summed E-state index contributed by atoms with van der Waals surface area (Å²) >= 11 is 0. The second kappa shape index (κ2) is 2.62. The van der Waals surface area contributed by atoms with Crippen LogP contribution >= 0.6 is 0 Å². The van der Waals surface area contributed by atoms with Crippen molar-refractivity contribution in [1.82, 2.24) is 5.32 Å². The molecule has 3 saturated carbocycles. The number of amides is 1. The van der Waals surface area contributed by atoms with Gasteiger partial charge in [0.25, 0.3) is 0 Å². The van der Waals surface area contributed by atoms with E-state index >= 15 is 0 Å². The van der Waals surface area contributed by atoms with Gasteiger partial charge < -0.3 is 15.2 Å². The van der Waals surface area contributed by atoms with Gasteiger partial charge >= 0.3 is 12.1 Å². The molecule has 0 aromatic carbocycles. The average molecular weight is 199 g/mol. The molecule has 2 bridgehead atoms. The Morgan fingerprint density at radius 2 is 2.00 bits per heavy atom. The normalized spacial score (nSPS) is 37.8. The third kappa shape index (κ3) is 1.08. The van der Waals surface area contributed by atoms with Crippen LogP contribution in [0.4, 0.5) is 4.79 Å². The van der Waals surface area contributed by atoms with Gasteiger partial charge in [-0.3, -0.25) is 4.79 Å². The van der Waals surface area contributed by atoms with E-state index in [0.29, 0.717) is 25.9 Å². The largest absolute Gasteiger partial charge is 0.481 e. The minimum atomic E-state index is -0.745. The fraction of sp³-hybridized carbons (Fsp3) is 0.778. The molecule has 14 heavy (non-hydrogen) atoms. The number of carboxylic acids is 1. The summed E-state index contributed by atoms with van der Waals surface area (Å²) in [6.45, 7) is 2.08. The average Bonchev–Trinajstić information content (AvgIpc) is 1.93. The Bertz CT molecular complexity index is 279. The summed E-state index contributed by atoms with van der Waals surface area (Å²) in [5.74, 6) is -0.745. The molecule has 2 N–H and O–H groups in total. The summed E-state index contributed by atoms with van der Waals surface area (Å²) in [5, 5.41) is 11.6. The van der Waals surface area contributed by atoms with Crippen molar-refractivity contribution in [2.75, 3.05) is 6.61 Å². The first kappa shape index (κ1) is 9.30. The quantitative estimate of drug-likeness (QED) is 0.702. The lowest BCUT2D eigenvalue weighted by atomic mass is 9.39. The van der Waals surface area contributed by atoms with Crippen molar-refractivity contribution in [2.45, 2.75) is 31.7 Å². The summed E-state index contributed by atoms with van der Waals surface area (Å²) < 4.78 is 4.73. The van der Waals surface area contributed by atoms with E-state index in [-0.39, 0.29) is 5.54 Å². The van der Waals surface area contributed by atoms with E-state index in [1.54, 1.807) is 6.92 Å². The van der Waals surface area contributed by atoms with Gasteiger partial charge in [-0.25, -0.2) is 4.79 Å². The number of carbonyl (C=O) groups excluding carboxylic acids is 1. The predicted octanol–water partition coefficient (Wildman–Crippen LogP) is 0.740. The SMILES string of the molecule is CCOC(=O)NC12CC(C(=O)O)(C1)C2. The molecule has 5 heteroatoms. The first-order valence-corrected chi connectivity index (χ1v) is 4.70. The van der Waals surface area contributed by atoms with Crippen LogP contribution in [-0.4, -0.2) is 29.3 Å². The van der Waals surface area contributed by atoms with E-state index in [4.69, 9.17) is 9.84 Å². The third-order valence-corrected chi connectivity index (χ3v) is 3.13.